The van der Waals surface area contributed by atoms with Crippen LogP contribution < -0.4 is 9.80 Å². The number of piperidine rings is 1. The number of carboxylic acid groups (broad SMARTS) is 1. The highest BCUT2D eigenvalue weighted by Crippen LogP contribution is 2.32. The molecule has 7 nitrogen and oxygen atoms in total. The maximum atomic E-state index is 12.7. The normalized spacial score (nSPS) is 15.0. The minimum absolute atomic E-state index is 0.251. The highest BCUT2D eigenvalue weighted by Gasteiger charge is 2.29. The molecule has 1 aromatic carbocycles. The number of rotatable bonds is 9. The van der Waals surface area contributed by atoms with Crippen molar-refractivity contribution in [2.75, 3.05) is 50.2 Å². The van der Waals surface area contributed by atoms with Gasteiger partial charge in [0, 0.05) is 57.7 Å². The highest BCUT2D eigenvalue weighted by atomic mass is 19.4. The number of alkyl halides is 3. The van der Waals surface area contributed by atoms with Gasteiger partial charge in [0.2, 0.25) is 0 Å². The van der Waals surface area contributed by atoms with E-state index in [1.165, 1.54) is 6.20 Å². The zero-order chi connectivity index (χ0) is 24.0. The van der Waals surface area contributed by atoms with Crippen molar-refractivity contribution in [1.29, 1.82) is 0 Å². The molecule has 2 aromatic rings. The molecule has 0 amide bonds. The summed E-state index contributed by atoms with van der Waals surface area (Å²) in [5.41, 5.74) is 2.63. The number of ether oxygens (including phenoxy) is 1. The van der Waals surface area contributed by atoms with E-state index < -0.39 is 24.5 Å². The first kappa shape index (κ1) is 24.8. The molecule has 1 aliphatic rings. The molecule has 1 fully saturated rings. The molecule has 0 saturated carbocycles. The van der Waals surface area contributed by atoms with Crippen molar-refractivity contribution in [2.45, 2.75) is 31.9 Å². The van der Waals surface area contributed by atoms with E-state index in [1.54, 1.807) is 7.11 Å². The largest absolute Gasteiger partial charge is 0.481 e. The number of methoxy groups -OCH3 is 1. The number of carboxylic acids is 1. The number of aliphatic carboxylic acids is 1. The van der Waals surface area contributed by atoms with Crippen LogP contribution in [0.5, 0.6) is 0 Å². The van der Waals surface area contributed by atoms with Gasteiger partial charge in [0.05, 0.1) is 18.2 Å². The lowest BCUT2D eigenvalue weighted by Crippen LogP contribution is -2.37. The van der Waals surface area contributed by atoms with Gasteiger partial charge in [0.15, 0.2) is 5.82 Å². The topological polar surface area (TPSA) is 78.8 Å². The molecule has 0 radical (unpaired) electrons. The van der Waals surface area contributed by atoms with Crippen LogP contribution in [0.25, 0.3) is 11.3 Å². The van der Waals surface area contributed by atoms with Crippen LogP contribution in [0.2, 0.25) is 0 Å². The van der Waals surface area contributed by atoms with Gasteiger partial charge in [-0.15, -0.1) is 0 Å². The van der Waals surface area contributed by atoms with E-state index in [9.17, 15) is 23.1 Å². The Morgan fingerprint density at radius 1 is 1.24 bits per heavy atom. The standard InChI is InChI=1S/C23H29F3N4O3/c1-29(13-14-33-2)19-5-3-16(4-6-19)20-21(30-11-8-17(9-12-30)22(31)32)28-18(15-27-20)7-10-23(24,25)26/h3-6,15,17H,7-14H2,1-2H3,(H,31,32). The Kier molecular flexibility index (Phi) is 8.12. The summed E-state index contributed by atoms with van der Waals surface area (Å²) in [5.74, 6) is -0.750. The average molecular weight is 467 g/mol. The molecule has 0 spiro atoms. The number of anilines is 2. The lowest BCUT2D eigenvalue weighted by Gasteiger charge is -2.32. The Hall–Kier alpha value is -2.88. The molecule has 0 unspecified atom stereocenters. The van der Waals surface area contributed by atoms with Crippen LogP contribution in [0, 0.1) is 5.92 Å². The van der Waals surface area contributed by atoms with Crippen LogP contribution >= 0.6 is 0 Å². The Balaban J connectivity index is 1.87. The number of aromatic nitrogens is 2. The summed E-state index contributed by atoms with van der Waals surface area (Å²) < 4.78 is 43.3. The molecule has 0 aliphatic carbocycles. The average Bonchev–Trinajstić information content (AvgIpc) is 2.80. The van der Waals surface area contributed by atoms with Gasteiger partial charge in [-0.1, -0.05) is 12.1 Å². The molecule has 1 N–H and O–H groups in total. The molecular formula is C23H29F3N4O3. The summed E-state index contributed by atoms with van der Waals surface area (Å²) in [6.45, 7) is 2.24. The fourth-order valence-corrected chi connectivity index (χ4v) is 3.80. The number of aryl methyl sites for hydroxylation is 1. The third-order valence-corrected chi connectivity index (χ3v) is 5.82. The highest BCUT2D eigenvalue weighted by molar-refractivity contribution is 5.74. The number of halogens is 3. The van der Waals surface area contributed by atoms with Gasteiger partial charge in [-0.25, -0.2) is 4.98 Å². The van der Waals surface area contributed by atoms with Gasteiger partial charge in [-0.05, 0) is 31.4 Å². The monoisotopic (exact) mass is 466 g/mol. The van der Waals surface area contributed by atoms with Crippen LogP contribution in [0.15, 0.2) is 30.5 Å². The molecule has 0 bridgehead atoms. The quantitative estimate of drug-likeness (QED) is 0.598. The second kappa shape index (κ2) is 10.8. The van der Waals surface area contributed by atoms with E-state index >= 15 is 0 Å². The summed E-state index contributed by atoms with van der Waals surface area (Å²) in [6, 6.07) is 7.71. The summed E-state index contributed by atoms with van der Waals surface area (Å²) in [7, 11) is 3.61. The van der Waals surface area contributed by atoms with E-state index in [-0.39, 0.29) is 12.1 Å². The van der Waals surface area contributed by atoms with Crippen molar-refractivity contribution in [3.63, 3.8) is 0 Å². The first-order chi connectivity index (χ1) is 15.7. The van der Waals surface area contributed by atoms with Gasteiger partial charge >= 0.3 is 12.1 Å². The van der Waals surface area contributed by atoms with Crippen LogP contribution in [-0.4, -0.2) is 67.6 Å². The molecule has 1 saturated heterocycles. The van der Waals surface area contributed by atoms with E-state index in [1.807, 2.05) is 36.2 Å². The lowest BCUT2D eigenvalue weighted by molar-refractivity contribution is -0.142. The van der Waals surface area contributed by atoms with Crippen molar-refractivity contribution in [3.05, 3.63) is 36.2 Å². The second-order valence-electron chi connectivity index (χ2n) is 8.21. The third kappa shape index (κ3) is 6.80. The fourth-order valence-electron chi connectivity index (χ4n) is 3.80. The minimum Gasteiger partial charge on any atom is -0.481 e. The summed E-state index contributed by atoms with van der Waals surface area (Å²) >= 11 is 0. The van der Waals surface area contributed by atoms with Crippen molar-refractivity contribution >= 4 is 17.5 Å². The number of nitrogens with zero attached hydrogens (tertiary/aromatic N) is 4. The third-order valence-electron chi connectivity index (χ3n) is 5.82. The Bertz CT molecular complexity index is 930. The molecule has 1 aromatic heterocycles. The SMILES string of the molecule is COCCN(C)c1ccc(-c2ncc(CCC(F)(F)F)nc2N2CCC(C(=O)O)CC2)cc1. The van der Waals surface area contributed by atoms with Crippen molar-refractivity contribution in [2.24, 2.45) is 5.92 Å². The predicted molar refractivity (Wildman–Crippen MR) is 120 cm³/mol. The molecule has 2 heterocycles. The van der Waals surface area contributed by atoms with Crippen molar-refractivity contribution in [3.8, 4) is 11.3 Å². The Labute approximate surface area is 191 Å². The second-order valence-corrected chi connectivity index (χ2v) is 8.21. The Morgan fingerprint density at radius 2 is 1.91 bits per heavy atom. The fraction of sp³-hybridized carbons (Fsp3) is 0.522. The number of hydrogen-bond donors (Lipinski definition) is 1. The van der Waals surface area contributed by atoms with Gasteiger partial charge in [0.1, 0.15) is 5.69 Å². The lowest BCUT2D eigenvalue weighted by atomic mass is 9.97. The summed E-state index contributed by atoms with van der Waals surface area (Å²) in [6.07, 6.45) is -3.19. The zero-order valence-corrected chi connectivity index (χ0v) is 18.8. The Morgan fingerprint density at radius 3 is 2.48 bits per heavy atom. The first-order valence-corrected chi connectivity index (χ1v) is 10.9. The number of hydrogen-bond acceptors (Lipinski definition) is 6. The van der Waals surface area contributed by atoms with Crippen LogP contribution in [-0.2, 0) is 16.0 Å². The smallest absolute Gasteiger partial charge is 0.389 e. The molecule has 33 heavy (non-hydrogen) atoms. The van der Waals surface area contributed by atoms with Gasteiger partial charge < -0.3 is 19.6 Å². The molecule has 1 aliphatic heterocycles. The maximum absolute atomic E-state index is 12.7. The van der Waals surface area contributed by atoms with E-state index in [4.69, 9.17) is 4.74 Å². The van der Waals surface area contributed by atoms with E-state index in [0.29, 0.717) is 44.0 Å². The van der Waals surface area contributed by atoms with E-state index in [2.05, 4.69) is 14.9 Å². The molecular weight excluding hydrogens is 437 g/mol. The number of likely N-dealkylation sites (N-methyl/N-ethyl adjacent to an activating group) is 1. The summed E-state index contributed by atoms with van der Waals surface area (Å²) in [5, 5.41) is 9.28. The number of carbonyl (C=O) groups is 1. The summed E-state index contributed by atoms with van der Waals surface area (Å²) in [4.78, 5) is 24.3. The molecule has 10 heteroatoms. The molecule has 0 atom stereocenters. The minimum atomic E-state index is -4.27. The first-order valence-electron chi connectivity index (χ1n) is 10.9. The number of benzene rings is 1. The van der Waals surface area contributed by atoms with Gasteiger partial charge in [-0.3, -0.25) is 9.78 Å². The molecule has 180 valence electrons. The van der Waals surface area contributed by atoms with Crippen molar-refractivity contribution < 1.29 is 27.8 Å². The predicted octanol–water partition coefficient (Wildman–Crippen LogP) is 4.02. The van der Waals surface area contributed by atoms with Gasteiger partial charge in [0.25, 0.3) is 0 Å². The van der Waals surface area contributed by atoms with Crippen LogP contribution in [0.1, 0.15) is 25.0 Å². The maximum Gasteiger partial charge on any atom is 0.389 e. The zero-order valence-electron chi connectivity index (χ0n) is 18.8. The van der Waals surface area contributed by atoms with Gasteiger partial charge in [-0.2, -0.15) is 13.2 Å². The van der Waals surface area contributed by atoms with Crippen LogP contribution in [0.3, 0.4) is 0 Å². The van der Waals surface area contributed by atoms with E-state index in [0.717, 1.165) is 17.8 Å². The van der Waals surface area contributed by atoms with Crippen molar-refractivity contribution in [1.82, 2.24) is 9.97 Å². The molecule has 3 rings (SSSR count). The van der Waals surface area contributed by atoms with Crippen LogP contribution in [0.4, 0.5) is 24.7 Å².